The van der Waals surface area contributed by atoms with Gasteiger partial charge in [0.15, 0.2) is 0 Å². The molecule has 1 fully saturated rings. The summed E-state index contributed by atoms with van der Waals surface area (Å²) in [5, 5.41) is 5.62. The van der Waals surface area contributed by atoms with E-state index >= 15 is 0 Å². The molecule has 2 amide bonds. The van der Waals surface area contributed by atoms with Crippen molar-refractivity contribution < 1.29 is 9.59 Å². The number of nitrogens with two attached hydrogens (primary N) is 1. The molecule has 1 heterocycles. The number of benzene rings is 1. The minimum absolute atomic E-state index is 0.0379. The summed E-state index contributed by atoms with van der Waals surface area (Å²) in [5.41, 5.74) is 7.82. The third kappa shape index (κ3) is 3.20. The third-order valence-corrected chi connectivity index (χ3v) is 3.26. The number of hydrogen-bond acceptors (Lipinski definition) is 4. The summed E-state index contributed by atoms with van der Waals surface area (Å²) in [6.07, 6.45) is 0.420. The van der Waals surface area contributed by atoms with Gasteiger partial charge in [-0.25, -0.2) is 0 Å². The Bertz CT molecular complexity index is 516. The number of carbonyl (C=O) groups is 2. The summed E-state index contributed by atoms with van der Waals surface area (Å²) in [4.78, 5) is 25.5. The molecule has 0 radical (unpaired) electrons. The van der Waals surface area contributed by atoms with E-state index in [9.17, 15) is 9.59 Å². The number of nitrogen functional groups attached to an aromatic ring is 1. The average Bonchev–Trinajstić information content (AvgIpc) is 2.63. The van der Waals surface area contributed by atoms with Crippen LogP contribution in [0.3, 0.4) is 0 Å². The van der Waals surface area contributed by atoms with Crippen molar-refractivity contribution in [3.05, 3.63) is 23.8 Å². The van der Waals surface area contributed by atoms with Crippen molar-refractivity contribution in [2.45, 2.75) is 13.3 Å². The number of nitrogens with zero attached hydrogens (tertiary/aromatic N) is 1. The van der Waals surface area contributed by atoms with Gasteiger partial charge in [0.25, 0.3) is 5.91 Å². The van der Waals surface area contributed by atoms with Crippen molar-refractivity contribution in [1.29, 1.82) is 0 Å². The van der Waals surface area contributed by atoms with Gasteiger partial charge in [-0.15, -0.1) is 0 Å². The first-order chi connectivity index (χ1) is 9.61. The van der Waals surface area contributed by atoms with Crippen LogP contribution in [0.25, 0.3) is 0 Å². The Balaban J connectivity index is 2.30. The number of nitrogens with one attached hydrogen (secondary N) is 2. The average molecular weight is 276 g/mol. The lowest BCUT2D eigenvalue weighted by Gasteiger charge is -2.24. The first kappa shape index (κ1) is 14.2. The van der Waals surface area contributed by atoms with Crippen LogP contribution in [0.5, 0.6) is 0 Å². The summed E-state index contributed by atoms with van der Waals surface area (Å²) in [7, 11) is 0. The smallest absolute Gasteiger partial charge is 0.253 e. The largest absolute Gasteiger partial charge is 0.399 e. The molecule has 0 saturated carbocycles. The number of anilines is 2. The molecule has 6 heteroatoms. The predicted molar refractivity (Wildman–Crippen MR) is 78.7 cm³/mol. The van der Waals surface area contributed by atoms with E-state index in [4.69, 9.17) is 5.73 Å². The first-order valence-electron chi connectivity index (χ1n) is 6.81. The van der Waals surface area contributed by atoms with Crippen LogP contribution < -0.4 is 21.3 Å². The van der Waals surface area contributed by atoms with Crippen LogP contribution in [-0.4, -0.2) is 38.0 Å². The highest BCUT2D eigenvalue weighted by Crippen LogP contribution is 2.24. The molecule has 0 atom stereocenters. The molecule has 2 rings (SSSR count). The maximum absolute atomic E-state index is 12.1. The topological polar surface area (TPSA) is 87.5 Å². The second kappa shape index (κ2) is 6.27. The van der Waals surface area contributed by atoms with Gasteiger partial charge in [0, 0.05) is 38.3 Å². The second-order valence-corrected chi connectivity index (χ2v) is 4.72. The van der Waals surface area contributed by atoms with Gasteiger partial charge in [-0.05, 0) is 25.1 Å². The zero-order valence-corrected chi connectivity index (χ0v) is 11.6. The van der Waals surface area contributed by atoms with Crippen molar-refractivity contribution in [3.63, 3.8) is 0 Å². The van der Waals surface area contributed by atoms with Crippen molar-refractivity contribution in [2.75, 3.05) is 36.8 Å². The molecule has 1 aromatic rings. The maximum Gasteiger partial charge on any atom is 0.253 e. The van der Waals surface area contributed by atoms with Crippen molar-refractivity contribution in [2.24, 2.45) is 0 Å². The lowest BCUT2D eigenvalue weighted by Crippen LogP contribution is -2.31. The van der Waals surface area contributed by atoms with E-state index < -0.39 is 0 Å². The number of carbonyl (C=O) groups excluding carboxylic acids is 2. The molecule has 1 saturated heterocycles. The number of hydrogen-bond donors (Lipinski definition) is 3. The summed E-state index contributed by atoms with van der Waals surface area (Å²) < 4.78 is 0. The zero-order valence-electron chi connectivity index (χ0n) is 11.6. The van der Waals surface area contributed by atoms with Crippen molar-refractivity contribution in [1.82, 2.24) is 10.6 Å². The SMILES string of the molecule is CCNC(=O)c1ccc(N)cc1N1CCNC(=O)CC1. The molecule has 6 nitrogen and oxygen atoms in total. The van der Waals surface area contributed by atoms with E-state index in [0.717, 1.165) is 5.69 Å². The zero-order chi connectivity index (χ0) is 14.5. The molecule has 20 heavy (non-hydrogen) atoms. The van der Waals surface area contributed by atoms with Crippen LogP contribution in [0, 0.1) is 0 Å². The molecule has 1 aromatic carbocycles. The van der Waals surface area contributed by atoms with Gasteiger partial charge in [0.05, 0.1) is 11.3 Å². The van der Waals surface area contributed by atoms with Crippen LogP contribution in [0.15, 0.2) is 18.2 Å². The van der Waals surface area contributed by atoms with Gasteiger partial charge in [-0.1, -0.05) is 0 Å². The monoisotopic (exact) mass is 276 g/mol. The minimum Gasteiger partial charge on any atom is -0.399 e. The minimum atomic E-state index is -0.119. The molecule has 108 valence electrons. The van der Waals surface area contributed by atoms with E-state index in [0.29, 0.717) is 43.9 Å². The summed E-state index contributed by atoms with van der Waals surface area (Å²) in [6, 6.07) is 5.24. The second-order valence-electron chi connectivity index (χ2n) is 4.72. The first-order valence-corrected chi connectivity index (χ1v) is 6.81. The van der Waals surface area contributed by atoms with Crippen LogP contribution >= 0.6 is 0 Å². The fourth-order valence-electron chi connectivity index (χ4n) is 2.27. The van der Waals surface area contributed by atoms with Gasteiger partial charge in [-0.3, -0.25) is 9.59 Å². The lowest BCUT2D eigenvalue weighted by molar-refractivity contribution is -0.120. The molecular weight excluding hydrogens is 256 g/mol. The fourth-order valence-corrected chi connectivity index (χ4v) is 2.27. The van der Waals surface area contributed by atoms with Crippen molar-refractivity contribution in [3.8, 4) is 0 Å². The molecule has 1 aliphatic heterocycles. The fraction of sp³-hybridized carbons (Fsp3) is 0.429. The molecule has 0 aromatic heterocycles. The number of amides is 2. The van der Waals surface area contributed by atoms with E-state index in [1.54, 1.807) is 18.2 Å². The van der Waals surface area contributed by atoms with Gasteiger partial charge in [0.1, 0.15) is 0 Å². The Morgan fingerprint density at radius 3 is 3.00 bits per heavy atom. The molecule has 0 aliphatic carbocycles. The summed E-state index contributed by atoms with van der Waals surface area (Å²) >= 11 is 0. The highest BCUT2D eigenvalue weighted by Gasteiger charge is 2.19. The van der Waals surface area contributed by atoms with E-state index in [-0.39, 0.29) is 11.8 Å². The normalized spacial score (nSPS) is 15.4. The van der Waals surface area contributed by atoms with Crippen molar-refractivity contribution >= 4 is 23.2 Å². The quantitative estimate of drug-likeness (QED) is 0.695. The van der Waals surface area contributed by atoms with E-state index in [1.165, 1.54) is 0 Å². The van der Waals surface area contributed by atoms with Crippen LogP contribution in [0.2, 0.25) is 0 Å². The van der Waals surface area contributed by atoms with Gasteiger partial charge >= 0.3 is 0 Å². The Hall–Kier alpha value is -2.24. The van der Waals surface area contributed by atoms with E-state index in [2.05, 4.69) is 10.6 Å². The molecule has 4 N–H and O–H groups in total. The Morgan fingerprint density at radius 1 is 1.45 bits per heavy atom. The van der Waals surface area contributed by atoms with Gasteiger partial charge < -0.3 is 21.3 Å². The van der Waals surface area contributed by atoms with Gasteiger partial charge in [-0.2, -0.15) is 0 Å². The predicted octanol–water partition coefficient (Wildman–Crippen LogP) is 0.345. The lowest BCUT2D eigenvalue weighted by atomic mass is 10.1. The van der Waals surface area contributed by atoms with Crippen LogP contribution in [0.4, 0.5) is 11.4 Å². The summed E-state index contributed by atoms with van der Waals surface area (Å²) in [5.74, 6) is -0.0815. The molecule has 0 bridgehead atoms. The molecular formula is C14H20N4O2. The highest BCUT2D eigenvalue weighted by molar-refractivity contribution is 6.00. The highest BCUT2D eigenvalue weighted by atomic mass is 16.2. The molecule has 0 spiro atoms. The maximum atomic E-state index is 12.1. The Morgan fingerprint density at radius 2 is 2.25 bits per heavy atom. The Kier molecular flexibility index (Phi) is 4.45. The Labute approximate surface area is 118 Å². The van der Waals surface area contributed by atoms with Gasteiger partial charge in [0.2, 0.25) is 5.91 Å². The van der Waals surface area contributed by atoms with E-state index in [1.807, 2.05) is 11.8 Å². The van der Waals surface area contributed by atoms with Crippen LogP contribution in [-0.2, 0) is 4.79 Å². The third-order valence-electron chi connectivity index (χ3n) is 3.26. The number of rotatable bonds is 3. The molecule has 0 unspecified atom stereocenters. The standard InChI is InChI=1S/C14H20N4O2/c1-2-16-14(20)11-4-3-10(15)9-12(11)18-7-5-13(19)17-6-8-18/h3-4,9H,2,5-8,15H2,1H3,(H,16,20)(H,17,19). The molecule has 1 aliphatic rings. The summed E-state index contributed by atoms with van der Waals surface area (Å²) in [6.45, 7) is 4.28. The van der Waals surface area contributed by atoms with Crippen LogP contribution in [0.1, 0.15) is 23.7 Å².